The van der Waals surface area contributed by atoms with E-state index in [1.54, 1.807) is 0 Å². The van der Waals surface area contributed by atoms with Gasteiger partial charge in [0.15, 0.2) is 0 Å². The minimum atomic E-state index is -4.63. The Kier molecular flexibility index (Phi) is 3.16. The van der Waals surface area contributed by atoms with E-state index in [9.17, 15) is 17.6 Å². The van der Waals surface area contributed by atoms with Crippen LogP contribution in [0.5, 0.6) is 0 Å². The predicted molar refractivity (Wildman–Crippen MR) is 47.1 cm³/mol. The third-order valence-electron chi connectivity index (χ3n) is 1.65. The summed E-state index contributed by atoms with van der Waals surface area (Å²) < 4.78 is 49.7. The molecule has 1 unspecified atom stereocenters. The fourth-order valence-corrected chi connectivity index (χ4v) is 1.26. The van der Waals surface area contributed by atoms with Gasteiger partial charge in [0.05, 0.1) is 0 Å². The zero-order chi connectivity index (χ0) is 10.9. The molecule has 78 valence electrons. The van der Waals surface area contributed by atoms with Gasteiger partial charge in [-0.05, 0) is 12.1 Å². The minimum absolute atomic E-state index is 0.369. The van der Waals surface area contributed by atoms with Crippen molar-refractivity contribution in [2.45, 2.75) is 12.2 Å². The van der Waals surface area contributed by atoms with E-state index in [1.807, 2.05) is 0 Å². The summed E-state index contributed by atoms with van der Waals surface area (Å²) in [7, 11) is 0. The van der Waals surface area contributed by atoms with Gasteiger partial charge in [0.25, 0.3) is 0 Å². The molecule has 0 saturated carbocycles. The van der Waals surface area contributed by atoms with Crippen LogP contribution in [-0.4, -0.2) is 6.18 Å². The number of hydrogen-bond acceptors (Lipinski definition) is 1. The zero-order valence-corrected chi connectivity index (χ0v) is 8.36. The molecule has 1 nitrogen and oxygen atoms in total. The molecule has 0 spiro atoms. The van der Waals surface area contributed by atoms with Crippen LogP contribution in [0.2, 0.25) is 0 Å². The maximum Gasteiger partial charge on any atom is 0.407 e. The summed E-state index contributed by atoms with van der Waals surface area (Å²) in [6, 6.07) is 0.985. The largest absolute Gasteiger partial charge is 0.407 e. The second-order valence-corrected chi connectivity index (χ2v) is 3.60. The third-order valence-corrected chi connectivity index (χ3v) is 2.14. The average molecular weight is 272 g/mol. The average Bonchev–Trinajstić information content (AvgIpc) is 2.01. The Morgan fingerprint density at radius 2 is 1.86 bits per heavy atom. The standard InChI is InChI=1S/C8H6BrF4N/c9-4-1-2-5(6(10)3-4)7(14)8(11,12)13/h1-3,7H,14H2. The molecule has 0 heterocycles. The molecule has 0 aliphatic rings. The summed E-state index contributed by atoms with van der Waals surface area (Å²) in [5, 5.41) is 0. The predicted octanol–water partition coefficient (Wildman–Crippen LogP) is 3.15. The molecule has 0 aromatic heterocycles. The zero-order valence-electron chi connectivity index (χ0n) is 6.78. The number of alkyl halides is 3. The van der Waals surface area contributed by atoms with Crippen molar-refractivity contribution >= 4 is 15.9 Å². The maximum absolute atomic E-state index is 13.0. The van der Waals surface area contributed by atoms with Crippen LogP contribution in [-0.2, 0) is 0 Å². The fourth-order valence-electron chi connectivity index (χ4n) is 0.930. The van der Waals surface area contributed by atoms with E-state index in [1.165, 1.54) is 6.07 Å². The quantitative estimate of drug-likeness (QED) is 0.781. The highest BCUT2D eigenvalue weighted by atomic mass is 79.9. The van der Waals surface area contributed by atoms with Crippen molar-refractivity contribution in [3.8, 4) is 0 Å². The van der Waals surface area contributed by atoms with Gasteiger partial charge in [-0.25, -0.2) is 4.39 Å². The normalized spacial score (nSPS) is 14.1. The van der Waals surface area contributed by atoms with E-state index < -0.39 is 23.6 Å². The Bertz CT molecular complexity index is 337. The Labute approximate surface area is 86.0 Å². The molecule has 14 heavy (non-hydrogen) atoms. The van der Waals surface area contributed by atoms with E-state index in [4.69, 9.17) is 5.73 Å². The monoisotopic (exact) mass is 271 g/mol. The van der Waals surface area contributed by atoms with E-state index >= 15 is 0 Å². The second kappa shape index (κ2) is 3.86. The summed E-state index contributed by atoms with van der Waals surface area (Å²) in [6.45, 7) is 0. The maximum atomic E-state index is 13.0. The Balaban J connectivity index is 3.08. The molecule has 1 atom stereocenters. The van der Waals surface area contributed by atoms with Crippen molar-refractivity contribution in [1.82, 2.24) is 0 Å². The molecule has 1 aromatic carbocycles. The van der Waals surface area contributed by atoms with Crippen LogP contribution >= 0.6 is 15.9 Å². The van der Waals surface area contributed by atoms with Crippen LogP contribution in [0.1, 0.15) is 11.6 Å². The molecule has 0 amide bonds. The number of benzene rings is 1. The molecule has 0 saturated heterocycles. The molecule has 0 aliphatic carbocycles. The van der Waals surface area contributed by atoms with Gasteiger partial charge in [0, 0.05) is 10.0 Å². The lowest BCUT2D eigenvalue weighted by Gasteiger charge is -2.16. The molecule has 0 aliphatic heterocycles. The lowest BCUT2D eigenvalue weighted by molar-refractivity contribution is -0.149. The molecular weight excluding hydrogens is 266 g/mol. The SMILES string of the molecule is NC(c1ccc(Br)cc1F)C(F)(F)F. The lowest BCUT2D eigenvalue weighted by atomic mass is 10.1. The van der Waals surface area contributed by atoms with Gasteiger partial charge in [-0.15, -0.1) is 0 Å². The van der Waals surface area contributed by atoms with E-state index in [2.05, 4.69) is 15.9 Å². The van der Waals surface area contributed by atoms with Gasteiger partial charge in [-0.3, -0.25) is 0 Å². The van der Waals surface area contributed by atoms with Gasteiger partial charge in [-0.2, -0.15) is 13.2 Å². The van der Waals surface area contributed by atoms with E-state index in [0.717, 1.165) is 12.1 Å². The first-order chi connectivity index (χ1) is 6.32. The van der Waals surface area contributed by atoms with Crippen molar-refractivity contribution in [3.63, 3.8) is 0 Å². The van der Waals surface area contributed by atoms with Crippen LogP contribution in [0.15, 0.2) is 22.7 Å². The summed E-state index contributed by atoms with van der Waals surface area (Å²) in [5.74, 6) is -0.968. The molecule has 1 aromatic rings. The van der Waals surface area contributed by atoms with Crippen LogP contribution in [0.25, 0.3) is 0 Å². The lowest BCUT2D eigenvalue weighted by Crippen LogP contribution is -2.29. The number of hydrogen-bond donors (Lipinski definition) is 1. The molecule has 6 heteroatoms. The first-order valence-corrected chi connectivity index (χ1v) is 4.39. The Morgan fingerprint density at radius 3 is 2.29 bits per heavy atom. The first-order valence-electron chi connectivity index (χ1n) is 3.59. The van der Waals surface area contributed by atoms with E-state index in [-0.39, 0.29) is 0 Å². The second-order valence-electron chi connectivity index (χ2n) is 2.69. The van der Waals surface area contributed by atoms with Gasteiger partial charge < -0.3 is 5.73 Å². The summed E-state index contributed by atoms with van der Waals surface area (Å²) in [5.41, 5.74) is 4.29. The highest BCUT2D eigenvalue weighted by Gasteiger charge is 2.39. The van der Waals surface area contributed by atoms with Crippen molar-refractivity contribution in [1.29, 1.82) is 0 Å². The topological polar surface area (TPSA) is 26.0 Å². The van der Waals surface area contributed by atoms with Crippen molar-refractivity contribution in [2.24, 2.45) is 5.73 Å². The summed E-state index contributed by atoms with van der Waals surface area (Å²) in [4.78, 5) is 0. The Morgan fingerprint density at radius 1 is 1.29 bits per heavy atom. The Hall–Kier alpha value is -0.620. The van der Waals surface area contributed by atoms with Gasteiger partial charge >= 0.3 is 6.18 Å². The number of nitrogens with two attached hydrogens (primary N) is 1. The molecule has 1 rings (SSSR count). The van der Waals surface area contributed by atoms with Gasteiger partial charge in [0.1, 0.15) is 11.9 Å². The van der Waals surface area contributed by atoms with Gasteiger partial charge in [0.2, 0.25) is 0 Å². The van der Waals surface area contributed by atoms with Crippen molar-refractivity contribution < 1.29 is 17.6 Å². The van der Waals surface area contributed by atoms with Gasteiger partial charge in [-0.1, -0.05) is 22.0 Å². The van der Waals surface area contributed by atoms with Crippen molar-refractivity contribution in [2.75, 3.05) is 0 Å². The van der Waals surface area contributed by atoms with Crippen LogP contribution < -0.4 is 5.73 Å². The molecule has 2 N–H and O–H groups in total. The van der Waals surface area contributed by atoms with Crippen molar-refractivity contribution in [3.05, 3.63) is 34.1 Å². The molecule has 0 fully saturated rings. The van der Waals surface area contributed by atoms with Crippen LogP contribution in [0.3, 0.4) is 0 Å². The summed E-state index contributed by atoms with van der Waals surface area (Å²) >= 11 is 2.93. The third kappa shape index (κ3) is 2.45. The minimum Gasteiger partial charge on any atom is -0.316 e. The molecular formula is C8H6BrF4N. The van der Waals surface area contributed by atoms with Crippen LogP contribution in [0, 0.1) is 5.82 Å². The van der Waals surface area contributed by atoms with Crippen LogP contribution in [0.4, 0.5) is 17.6 Å². The fraction of sp³-hybridized carbons (Fsp3) is 0.250. The highest BCUT2D eigenvalue weighted by Crippen LogP contribution is 2.32. The smallest absolute Gasteiger partial charge is 0.316 e. The van der Waals surface area contributed by atoms with E-state index in [0.29, 0.717) is 4.47 Å². The highest BCUT2D eigenvalue weighted by molar-refractivity contribution is 9.10. The molecule has 0 radical (unpaired) electrons. The summed E-state index contributed by atoms with van der Waals surface area (Å²) in [6.07, 6.45) is -4.63. The number of halogens is 5. The first kappa shape index (κ1) is 11.5. The number of rotatable bonds is 1. The molecule has 0 bridgehead atoms.